The van der Waals surface area contributed by atoms with E-state index in [4.69, 9.17) is 18.0 Å². The van der Waals surface area contributed by atoms with Crippen LogP contribution in [0.25, 0.3) is 0 Å². The molecule has 2 aromatic rings. The number of hydrogen-bond donors (Lipinski definition) is 2. The molecule has 0 spiro atoms. The van der Waals surface area contributed by atoms with Gasteiger partial charge < -0.3 is 11.1 Å². The van der Waals surface area contributed by atoms with Crippen molar-refractivity contribution in [2.45, 2.75) is 19.9 Å². The zero-order valence-corrected chi connectivity index (χ0v) is 12.0. The fourth-order valence-electron chi connectivity index (χ4n) is 2.03. The first-order valence-electron chi connectivity index (χ1n) is 6.01. The lowest BCUT2D eigenvalue weighted by molar-refractivity contribution is 0.736. The maximum Gasteiger partial charge on any atom is 0.135 e. The number of thiocarbonyl (C=S) groups is 1. The number of nitrogens with zero attached hydrogens (tertiary/aromatic N) is 3. The Balaban J connectivity index is 2.31. The van der Waals surface area contributed by atoms with E-state index in [2.05, 4.69) is 15.4 Å². The minimum Gasteiger partial charge on any atom is -0.389 e. The molecule has 2 heterocycles. The van der Waals surface area contributed by atoms with Gasteiger partial charge in [0.1, 0.15) is 10.8 Å². The Kier molecular flexibility index (Phi) is 3.80. The van der Waals surface area contributed by atoms with E-state index in [-0.39, 0.29) is 6.04 Å². The van der Waals surface area contributed by atoms with E-state index in [0.717, 1.165) is 22.8 Å². The Labute approximate surface area is 117 Å². The summed E-state index contributed by atoms with van der Waals surface area (Å²) in [5.74, 6) is 0.822. The molecule has 2 rings (SSSR count). The number of rotatable bonds is 4. The van der Waals surface area contributed by atoms with Gasteiger partial charge in [0.05, 0.1) is 23.0 Å². The van der Waals surface area contributed by atoms with Crippen LogP contribution >= 0.6 is 12.2 Å². The largest absolute Gasteiger partial charge is 0.389 e. The highest BCUT2D eigenvalue weighted by molar-refractivity contribution is 7.80. The van der Waals surface area contributed by atoms with Crippen LogP contribution in [0.5, 0.6) is 0 Å². The van der Waals surface area contributed by atoms with Gasteiger partial charge in [-0.15, -0.1) is 0 Å². The topological polar surface area (TPSA) is 68.8 Å². The third kappa shape index (κ3) is 2.73. The number of anilines is 1. The zero-order chi connectivity index (χ0) is 14.0. The van der Waals surface area contributed by atoms with Crippen LogP contribution in [0.15, 0.2) is 24.4 Å². The summed E-state index contributed by atoms with van der Waals surface area (Å²) in [6.45, 7) is 3.93. The molecule has 0 saturated carbocycles. The molecular formula is C13H17N5S. The summed E-state index contributed by atoms with van der Waals surface area (Å²) in [5, 5.41) is 7.71. The van der Waals surface area contributed by atoms with Crippen LogP contribution in [0.3, 0.4) is 0 Å². The number of nitrogens with two attached hydrogens (primary N) is 1. The van der Waals surface area contributed by atoms with E-state index in [9.17, 15) is 0 Å². The molecule has 3 N–H and O–H groups in total. The molecule has 2 aromatic heterocycles. The molecular weight excluding hydrogens is 258 g/mol. The Morgan fingerprint density at radius 2 is 2.21 bits per heavy atom. The Bertz CT molecular complexity index is 591. The van der Waals surface area contributed by atoms with Gasteiger partial charge in [0.2, 0.25) is 0 Å². The standard InChI is InChI=1S/C13H17N5S/c1-8(10-6-4-5-7-15-10)16-13-11(12(14)19)9(2)17-18(13)3/h4-8,16H,1-3H3,(H2,14,19). The van der Waals surface area contributed by atoms with Gasteiger partial charge in [-0.25, -0.2) is 0 Å². The molecule has 0 aromatic carbocycles. The van der Waals surface area contributed by atoms with Crippen molar-refractivity contribution >= 4 is 23.0 Å². The van der Waals surface area contributed by atoms with Crippen LogP contribution in [0, 0.1) is 6.92 Å². The predicted octanol–water partition coefficient (Wildman–Crippen LogP) is 1.93. The molecule has 0 fully saturated rings. The Morgan fingerprint density at radius 3 is 2.79 bits per heavy atom. The van der Waals surface area contributed by atoms with Crippen LogP contribution in [-0.4, -0.2) is 19.8 Å². The summed E-state index contributed by atoms with van der Waals surface area (Å²) in [4.78, 5) is 4.68. The molecule has 0 bridgehead atoms. The van der Waals surface area contributed by atoms with Crippen molar-refractivity contribution in [1.82, 2.24) is 14.8 Å². The van der Waals surface area contributed by atoms with Gasteiger partial charge in [-0.2, -0.15) is 5.10 Å². The van der Waals surface area contributed by atoms with E-state index in [1.807, 2.05) is 39.1 Å². The molecule has 1 unspecified atom stereocenters. The Hall–Kier alpha value is -1.95. The van der Waals surface area contributed by atoms with Crippen LogP contribution < -0.4 is 11.1 Å². The lowest BCUT2D eigenvalue weighted by Gasteiger charge is -2.16. The number of aryl methyl sites for hydroxylation is 2. The molecule has 6 heteroatoms. The van der Waals surface area contributed by atoms with Gasteiger partial charge in [-0.3, -0.25) is 9.67 Å². The highest BCUT2D eigenvalue weighted by Crippen LogP contribution is 2.23. The third-order valence-electron chi connectivity index (χ3n) is 2.95. The van der Waals surface area contributed by atoms with E-state index >= 15 is 0 Å². The summed E-state index contributed by atoms with van der Waals surface area (Å²) in [6.07, 6.45) is 1.77. The van der Waals surface area contributed by atoms with Crippen molar-refractivity contribution in [2.75, 3.05) is 5.32 Å². The lowest BCUT2D eigenvalue weighted by atomic mass is 10.2. The maximum absolute atomic E-state index is 5.77. The van der Waals surface area contributed by atoms with E-state index in [1.165, 1.54) is 0 Å². The first-order valence-corrected chi connectivity index (χ1v) is 6.42. The highest BCUT2D eigenvalue weighted by atomic mass is 32.1. The summed E-state index contributed by atoms with van der Waals surface area (Å²) < 4.78 is 1.75. The van der Waals surface area contributed by atoms with E-state index < -0.39 is 0 Å². The second kappa shape index (κ2) is 5.36. The first-order chi connectivity index (χ1) is 9.00. The SMILES string of the molecule is Cc1nn(C)c(NC(C)c2ccccn2)c1C(N)=S. The zero-order valence-electron chi connectivity index (χ0n) is 11.2. The van der Waals surface area contributed by atoms with Crippen molar-refractivity contribution in [3.63, 3.8) is 0 Å². The molecule has 0 aliphatic heterocycles. The number of aromatic nitrogens is 3. The minimum absolute atomic E-state index is 0.0455. The summed E-state index contributed by atoms with van der Waals surface area (Å²) in [6, 6.07) is 5.87. The molecule has 100 valence electrons. The number of hydrogen-bond acceptors (Lipinski definition) is 4. The monoisotopic (exact) mass is 275 g/mol. The lowest BCUT2D eigenvalue weighted by Crippen LogP contribution is -2.17. The van der Waals surface area contributed by atoms with Crippen molar-refractivity contribution < 1.29 is 0 Å². The van der Waals surface area contributed by atoms with Crippen molar-refractivity contribution in [3.8, 4) is 0 Å². The molecule has 19 heavy (non-hydrogen) atoms. The minimum atomic E-state index is 0.0455. The highest BCUT2D eigenvalue weighted by Gasteiger charge is 2.18. The van der Waals surface area contributed by atoms with Gasteiger partial charge in [0.25, 0.3) is 0 Å². The molecule has 0 amide bonds. The van der Waals surface area contributed by atoms with Crippen LogP contribution in [0.2, 0.25) is 0 Å². The van der Waals surface area contributed by atoms with Crippen LogP contribution in [-0.2, 0) is 7.05 Å². The third-order valence-corrected chi connectivity index (χ3v) is 3.16. The fourth-order valence-corrected chi connectivity index (χ4v) is 2.27. The molecule has 1 atom stereocenters. The van der Waals surface area contributed by atoms with Gasteiger partial charge in [-0.05, 0) is 26.0 Å². The summed E-state index contributed by atoms with van der Waals surface area (Å²) in [7, 11) is 1.86. The second-order valence-corrected chi connectivity index (χ2v) is 4.86. The first kappa shape index (κ1) is 13.5. The number of pyridine rings is 1. The maximum atomic E-state index is 5.77. The van der Waals surface area contributed by atoms with Gasteiger partial charge >= 0.3 is 0 Å². The average molecular weight is 275 g/mol. The second-order valence-electron chi connectivity index (χ2n) is 4.42. The van der Waals surface area contributed by atoms with E-state index in [0.29, 0.717) is 4.99 Å². The predicted molar refractivity (Wildman–Crippen MR) is 80.1 cm³/mol. The molecule has 0 aliphatic rings. The fraction of sp³-hybridized carbons (Fsp3) is 0.308. The van der Waals surface area contributed by atoms with Gasteiger partial charge in [0.15, 0.2) is 0 Å². The number of nitrogens with one attached hydrogen (secondary N) is 1. The Morgan fingerprint density at radius 1 is 1.47 bits per heavy atom. The molecule has 0 aliphatic carbocycles. The van der Waals surface area contributed by atoms with E-state index in [1.54, 1.807) is 10.9 Å². The summed E-state index contributed by atoms with van der Waals surface area (Å²) in [5.41, 5.74) is 8.34. The molecule has 5 nitrogen and oxygen atoms in total. The van der Waals surface area contributed by atoms with Crippen LogP contribution in [0.4, 0.5) is 5.82 Å². The van der Waals surface area contributed by atoms with Crippen molar-refractivity contribution in [1.29, 1.82) is 0 Å². The smallest absolute Gasteiger partial charge is 0.135 e. The quantitative estimate of drug-likeness (QED) is 0.834. The van der Waals surface area contributed by atoms with Crippen molar-refractivity contribution in [3.05, 3.63) is 41.3 Å². The van der Waals surface area contributed by atoms with Crippen molar-refractivity contribution in [2.24, 2.45) is 12.8 Å². The normalized spacial score (nSPS) is 12.2. The van der Waals surface area contributed by atoms with Crippen LogP contribution in [0.1, 0.15) is 29.9 Å². The molecule has 0 saturated heterocycles. The molecule has 0 radical (unpaired) electrons. The van der Waals surface area contributed by atoms with Gasteiger partial charge in [-0.1, -0.05) is 18.3 Å². The van der Waals surface area contributed by atoms with Gasteiger partial charge in [0, 0.05) is 13.2 Å². The summed E-state index contributed by atoms with van der Waals surface area (Å²) >= 11 is 5.09. The average Bonchev–Trinajstić information content (AvgIpc) is 2.65.